The molecule has 4 heteroatoms. The Bertz CT molecular complexity index is 579. The van der Waals surface area contributed by atoms with Gasteiger partial charge in [-0.1, -0.05) is 42.5 Å². The molecule has 2 aromatic rings. The molecule has 0 radical (unpaired) electrons. The average Bonchev–Trinajstić information content (AvgIpc) is 2.46. The van der Waals surface area contributed by atoms with Gasteiger partial charge in [-0.3, -0.25) is 9.59 Å². The van der Waals surface area contributed by atoms with E-state index in [1.54, 1.807) is 47.9 Å². The van der Waals surface area contributed by atoms with Crippen molar-refractivity contribution in [1.29, 1.82) is 0 Å². The summed E-state index contributed by atoms with van der Waals surface area (Å²) in [5, 5.41) is 10.7. The number of anilines is 1. The Morgan fingerprint density at radius 2 is 1.44 bits per heavy atom. The highest BCUT2D eigenvalue weighted by atomic mass is 16.5. The third-order valence-electron chi connectivity index (χ3n) is 2.52. The summed E-state index contributed by atoms with van der Waals surface area (Å²) >= 11 is 0. The number of carbonyl (C=O) groups is 2. The molecule has 0 aromatic heterocycles. The second-order valence-electron chi connectivity index (χ2n) is 3.67. The van der Waals surface area contributed by atoms with Crippen molar-refractivity contribution in [3.05, 3.63) is 70.9 Å². The van der Waals surface area contributed by atoms with E-state index in [9.17, 15) is 14.8 Å². The van der Waals surface area contributed by atoms with E-state index >= 15 is 0 Å². The maximum absolute atomic E-state index is 12.0. The van der Waals surface area contributed by atoms with Crippen molar-refractivity contribution in [3.8, 4) is 0 Å². The lowest BCUT2D eigenvalue weighted by molar-refractivity contribution is 0.0817. The summed E-state index contributed by atoms with van der Waals surface area (Å²) in [5.74, 6) is -1.32. The molecule has 0 fully saturated rings. The quantitative estimate of drug-likeness (QED) is 0.506. The van der Waals surface area contributed by atoms with Crippen molar-refractivity contribution < 1.29 is 9.59 Å². The van der Waals surface area contributed by atoms with Crippen LogP contribution in [-0.2, 0) is 0 Å². The minimum absolute atomic E-state index is 0.0846. The lowest BCUT2D eigenvalue weighted by Crippen LogP contribution is -2.15. The predicted molar refractivity (Wildman–Crippen MR) is 68.5 cm³/mol. The highest BCUT2D eigenvalue weighted by molar-refractivity contribution is 6.50. The van der Waals surface area contributed by atoms with E-state index in [2.05, 4.69) is 0 Å². The lowest BCUT2D eigenvalue weighted by Gasteiger charge is -2.13. The topological polar surface area (TPSA) is 69.2 Å². The molecule has 1 N–H and O–H groups in total. The van der Waals surface area contributed by atoms with Gasteiger partial charge in [0.15, 0.2) is 0 Å². The van der Waals surface area contributed by atoms with Gasteiger partial charge >= 0.3 is 0 Å². The number of Topliss-reactive ketones (excluding diaryl/α,β-unsaturated/α-hetero) is 2. The highest BCUT2D eigenvalue weighted by Crippen LogP contribution is 2.17. The van der Waals surface area contributed by atoms with E-state index in [0.717, 1.165) is 0 Å². The zero-order chi connectivity index (χ0) is 13.0. The summed E-state index contributed by atoms with van der Waals surface area (Å²) in [6.45, 7) is 0. The molecule has 0 spiro atoms. The van der Waals surface area contributed by atoms with Crippen LogP contribution in [0, 0.1) is 5.21 Å². The van der Waals surface area contributed by atoms with Crippen LogP contribution < -0.4 is 5.48 Å². The van der Waals surface area contributed by atoms with Crippen molar-refractivity contribution in [2.45, 2.75) is 0 Å². The third kappa shape index (κ3) is 2.28. The van der Waals surface area contributed by atoms with Gasteiger partial charge in [0.1, 0.15) is 0 Å². The fraction of sp³-hybridized carbons (Fsp3) is 0. The van der Waals surface area contributed by atoms with E-state index in [0.29, 0.717) is 5.56 Å². The van der Waals surface area contributed by atoms with Gasteiger partial charge in [0.2, 0.25) is 11.6 Å². The maximum atomic E-state index is 12.0. The molecule has 0 aliphatic carbocycles. The molecule has 0 aliphatic rings. The van der Waals surface area contributed by atoms with Gasteiger partial charge in [-0.05, 0) is 12.1 Å². The maximum Gasteiger partial charge on any atom is 0.235 e. The first-order valence-electron chi connectivity index (χ1n) is 5.35. The van der Waals surface area contributed by atoms with Crippen LogP contribution in [0.4, 0.5) is 5.69 Å². The second-order valence-corrected chi connectivity index (χ2v) is 3.67. The molecule has 0 amide bonds. The van der Waals surface area contributed by atoms with Crippen molar-refractivity contribution >= 4 is 17.3 Å². The number of ketones is 2. The van der Waals surface area contributed by atoms with Crippen molar-refractivity contribution in [2.75, 3.05) is 5.48 Å². The van der Waals surface area contributed by atoms with E-state index < -0.39 is 11.6 Å². The first-order chi connectivity index (χ1) is 8.74. The van der Waals surface area contributed by atoms with Gasteiger partial charge in [0.05, 0.1) is 0 Å². The van der Waals surface area contributed by atoms with Crippen LogP contribution in [0.2, 0.25) is 0 Å². The van der Waals surface area contributed by atoms with Crippen molar-refractivity contribution in [3.63, 3.8) is 0 Å². The summed E-state index contributed by atoms with van der Waals surface area (Å²) in [5.41, 5.74) is 2.16. The number of benzene rings is 2. The molecule has 2 aromatic carbocycles. The fourth-order valence-electron chi connectivity index (χ4n) is 1.61. The predicted octanol–water partition coefficient (Wildman–Crippen LogP) is 2.66. The minimum atomic E-state index is -0.694. The van der Waals surface area contributed by atoms with Crippen molar-refractivity contribution in [1.82, 2.24) is 0 Å². The molecular formula is C14H10NO3-. The first-order valence-corrected chi connectivity index (χ1v) is 5.35. The molecule has 90 valence electrons. The van der Waals surface area contributed by atoms with E-state index in [4.69, 9.17) is 0 Å². The first kappa shape index (κ1) is 12.0. The highest BCUT2D eigenvalue weighted by Gasteiger charge is 2.19. The molecule has 0 saturated heterocycles. The largest absolute Gasteiger partial charge is 0.761 e. The van der Waals surface area contributed by atoms with Gasteiger partial charge in [0, 0.05) is 16.8 Å². The Labute approximate surface area is 104 Å². The van der Waals surface area contributed by atoms with Crippen LogP contribution in [0.5, 0.6) is 0 Å². The van der Waals surface area contributed by atoms with E-state index in [1.807, 2.05) is 0 Å². The molecular weight excluding hydrogens is 230 g/mol. The Morgan fingerprint density at radius 1 is 0.833 bits per heavy atom. The smallest absolute Gasteiger partial charge is 0.235 e. The van der Waals surface area contributed by atoms with Crippen LogP contribution >= 0.6 is 0 Å². The van der Waals surface area contributed by atoms with Gasteiger partial charge in [-0.2, -0.15) is 0 Å². The number of hydrogen-bond donors (Lipinski definition) is 1. The van der Waals surface area contributed by atoms with Gasteiger partial charge < -0.3 is 10.7 Å². The number of nitrogens with one attached hydrogen (secondary N) is 1. The summed E-state index contributed by atoms with van der Waals surface area (Å²) < 4.78 is 0. The number of para-hydroxylation sites is 1. The average molecular weight is 240 g/mol. The number of hydrogen-bond acceptors (Lipinski definition) is 4. The molecule has 0 bridgehead atoms. The summed E-state index contributed by atoms with van der Waals surface area (Å²) in [4.78, 5) is 23.9. The van der Waals surface area contributed by atoms with Gasteiger partial charge in [-0.25, -0.2) is 0 Å². The van der Waals surface area contributed by atoms with E-state index in [-0.39, 0.29) is 11.3 Å². The molecule has 0 atom stereocenters. The fourth-order valence-corrected chi connectivity index (χ4v) is 1.61. The summed E-state index contributed by atoms with van der Waals surface area (Å²) in [6, 6.07) is 14.4. The van der Waals surface area contributed by atoms with E-state index in [1.165, 1.54) is 12.1 Å². The SMILES string of the molecule is O=C(C(=O)c1ccccc1N[O-])c1ccccc1. The normalized spacial score (nSPS) is 9.83. The van der Waals surface area contributed by atoms with Crippen LogP contribution in [0.1, 0.15) is 20.7 Å². The Hall–Kier alpha value is -2.46. The summed E-state index contributed by atoms with van der Waals surface area (Å²) in [6.07, 6.45) is 0. The zero-order valence-electron chi connectivity index (χ0n) is 9.42. The van der Waals surface area contributed by atoms with Crippen LogP contribution in [0.25, 0.3) is 0 Å². The number of carbonyl (C=O) groups excluding carboxylic acids is 2. The number of rotatable bonds is 4. The molecule has 0 unspecified atom stereocenters. The third-order valence-corrected chi connectivity index (χ3v) is 2.52. The zero-order valence-corrected chi connectivity index (χ0v) is 9.42. The lowest BCUT2D eigenvalue weighted by atomic mass is 10.0. The van der Waals surface area contributed by atoms with Crippen molar-refractivity contribution in [2.24, 2.45) is 0 Å². The van der Waals surface area contributed by atoms with Gasteiger partial charge in [-0.15, -0.1) is 0 Å². The molecule has 0 aliphatic heterocycles. The molecule has 18 heavy (non-hydrogen) atoms. The Balaban J connectivity index is 2.35. The molecule has 4 nitrogen and oxygen atoms in total. The van der Waals surface area contributed by atoms with Gasteiger partial charge in [0.25, 0.3) is 0 Å². The second kappa shape index (κ2) is 5.25. The minimum Gasteiger partial charge on any atom is -0.761 e. The standard InChI is InChI=1S/C14H10NO3/c16-13(10-6-2-1-3-7-10)14(17)11-8-4-5-9-12(11)15-18/h1-9,15H/q-1. The Kier molecular flexibility index (Phi) is 3.50. The van der Waals surface area contributed by atoms with Crippen LogP contribution in [0.15, 0.2) is 54.6 Å². The monoisotopic (exact) mass is 240 g/mol. The molecule has 0 heterocycles. The van der Waals surface area contributed by atoms with Crippen LogP contribution in [-0.4, -0.2) is 11.6 Å². The summed E-state index contributed by atoms with van der Waals surface area (Å²) in [7, 11) is 0. The molecule has 2 rings (SSSR count). The van der Waals surface area contributed by atoms with Crippen LogP contribution in [0.3, 0.4) is 0 Å². The Morgan fingerprint density at radius 3 is 2.11 bits per heavy atom. The molecule has 0 saturated carbocycles.